The van der Waals surface area contributed by atoms with E-state index in [2.05, 4.69) is 30.7 Å². The van der Waals surface area contributed by atoms with Crippen molar-refractivity contribution in [3.05, 3.63) is 5.82 Å². The molecule has 0 saturated heterocycles. The summed E-state index contributed by atoms with van der Waals surface area (Å²) in [5.41, 5.74) is 0. The zero-order chi connectivity index (χ0) is 30.2. The number of nitrogens with one attached hydrogen (secondary N) is 3. The van der Waals surface area contributed by atoms with Gasteiger partial charge < -0.3 is 5.32 Å². The second-order valence-corrected chi connectivity index (χ2v) is 13.1. The van der Waals surface area contributed by atoms with Crippen LogP contribution in [0, 0.1) is 5.92 Å². The van der Waals surface area contributed by atoms with Gasteiger partial charge in [0.05, 0.1) is 5.75 Å². The second-order valence-electron chi connectivity index (χ2n) is 11.2. The fourth-order valence-electron chi connectivity index (χ4n) is 4.59. The minimum atomic E-state index is -3.72. The maximum absolute atomic E-state index is 12.1. The molecule has 2 amide bonds. The van der Waals surface area contributed by atoms with Crippen LogP contribution in [0.3, 0.4) is 0 Å². The first-order chi connectivity index (χ1) is 19.7. The van der Waals surface area contributed by atoms with Crippen LogP contribution in [0.25, 0.3) is 0 Å². The Morgan fingerprint density at radius 3 is 1.88 bits per heavy atom. The minimum absolute atomic E-state index is 0.0405. The normalized spacial score (nSPS) is 12.2. The molecule has 12 heteroatoms. The second kappa shape index (κ2) is 23.2. The SMILES string of the molecule is CC(=O)[C@@H](C)CCCCNC(=O)CCCS(=O)(=O)NC(=O)CCCCCCCCCCCCCCCc1nn[nH]n1. The fourth-order valence-corrected chi connectivity index (χ4v) is 5.67. The molecule has 0 spiro atoms. The standard InChI is InChI=1S/C29H54N6O5S/c1-25(26(2)36)19-16-17-23-30-28(37)22-18-24-41(39,40)33-29(38)21-15-13-11-9-7-5-3-4-6-8-10-12-14-20-27-31-34-35-32-27/h25H,3-24H2,1-2H3,(H,30,37)(H,33,38)(H,31,32,34,35)/t25-/m0/s1. The van der Waals surface area contributed by atoms with E-state index in [4.69, 9.17) is 0 Å². The van der Waals surface area contributed by atoms with Crippen molar-refractivity contribution in [3.63, 3.8) is 0 Å². The Hall–Kier alpha value is -2.37. The highest BCUT2D eigenvalue weighted by atomic mass is 32.2. The molecule has 1 heterocycles. The van der Waals surface area contributed by atoms with Crippen molar-refractivity contribution < 1.29 is 22.8 Å². The molecule has 0 aliphatic heterocycles. The molecule has 0 fully saturated rings. The number of nitrogens with zero attached hydrogens (tertiary/aromatic N) is 3. The largest absolute Gasteiger partial charge is 0.356 e. The van der Waals surface area contributed by atoms with E-state index in [9.17, 15) is 22.8 Å². The number of H-pyrrole nitrogens is 1. The smallest absolute Gasteiger partial charge is 0.234 e. The minimum Gasteiger partial charge on any atom is -0.356 e. The van der Waals surface area contributed by atoms with Gasteiger partial charge in [0, 0.05) is 31.7 Å². The fraction of sp³-hybridized carbons (Fsp3) is 0.862. The van der Waals surface area contributed by atoms with Crippen molar-refractivity contribution in [2.24, 2.45) is 5.92 Å². The van der Waals surface area contributed by atoms with E-state index >= 15 is 0 Å². The van der Waals surface area contributed by atoms with Gasteiger partial charge >= 0.3 is 0 Å². The van der Waals surface area contributed by atoms with Gasteiger partial charge in [-0.15, -0.1) is 10.2 Å². The summed E-state index contributed by atoms with van der Waals surface area (Å²) in [6, 6.07) is 0. The third kappa shape index (κ3) is 22.0. The summed E-state index contributed by atoms with van der Waals surface area (Å²) < 4.78 is 26.4. The van der Waals surface area contributed by atoms with Gasteiger partial charge in [0.1, 0.15) is 5.78 Å². The molecule has 1 atom stereocenters. The molecule has 0 bridgehead atoms. The number of carbonyl (C=O) groups is 3. The monoisotopic (exact) mass is 598 g/mol. The maximum Gasteiger partial charge on any atom is 0.234 e. The number of sulfonamides is 1. The number of aryl methyl sites for hydroxylation is 1. The maximum atomic E-state index is 12.1. The van der Waals surface area contributed by atoms with Gasteiger partial charge in [-0.1, -0.05) is 89.2 Å². The summed E-state index contributed by atoms with van der Waals surface area (Å²) in [6.45, 7) is 4.00. The van der Waals surface area contributed by atoms with Crippen molar-refractivity contribution in [2.45, 2.75) is 142 Å². The molecule has 0 aliphatic carbocycles. The van der Waals surface area contributed by atoms with Crippen molar-refractivity contribution in [3.8, 4) is 0 Å². The lowest BCUT2D eigenvalue weighted by Gasteiger charge is -2.09. The Bertz CT molecular complexity index is 940. The number of hydrogen-bond donors (Lipinski definition) is 3. The number of Topliss-reactive ketones (excluding diaryl/α,β-unsaturated/α-hetero) is 1. The lowest BCUT2D eigenvalue weighted by molar-refractivity contribution is -0.121. The number of tetrazole rings is 1. The number of aromatic nitrogens is 4. The number of carbonyl (C=O) groups excluding carboxylic acids is 3. The summed E-state index contributed by atoms with van der Waals surface area (Å²) in [6.07, 6.45) is 18.8. The van der Waals surface area contributed by atoms with E-state index in [1.54, 1.807) is 6.92 Å². The molecule has 236 valence electrons. The average Bonchev–Trinajstić information content (AvgIpc) is 3.43. The van der Waals surface area contributed by atoms with Crippen molar-refractivity contribution >= 4 is 27.6 Å². The van der Waals surface area contributed by atoms with Crippen molar-refractivity contribution in [1.29, 1.82) is 0 Å². The molecule has 0 aliphatic rings. The van der Waals surface area contributed by atoms with Crippen LogP contribution in [0.1, 0.15) is 142 Å². The molecule has 1 aromatic rings. The van der Waals surface area contributed by atoms with E-state index in [0.717, 1.165) is 57.2 Å². The number of hydrogen-bond acceptors (Lipinski definition) is 8. The number of rotatable bonds is 27. The zero-order valence-corrected chi connectivity index (χ0v) is 26.2. The molecule has 0 saturated carbocycles. The average molecular weight is 599 g/mol. The zero-order valence-electron chi connectivity index (χ0n) is 25.4. The third-order valence-corrected chi connectivity index (χ3v) is 8.72. The highest BCUT2D eigenvalue weighted by Gasteiger charge is 2.15. The number of ketones is 1. The summed E-state index contributed by atoms with van der Waals surface area (Å²) in [7, 11) is -3.72. The van der Waals surface area contributed by atoms with Crippen molar-refractivity contribution in [2.75, 3.05) is 12.3 Å². The van der Waals surface area contributed by atoms with E-state index in [0.29, 0.717) is 13.0 Å². The summed E-state index contributed by atoms with van der Waals surface area (Å²) in [5.74, 6) is 0.0989. The van der Waals surface area contributed by atoms with Gasteiger partial charge in [0.15, 0.2) is 5.82 Å². The lowest BCUT2D eigenvalue weighted by atomic mass is 10.0. The first-order valence-corrected chi connectivity index (χ1v) is 17.4. The molecular weight excluding hydrogens is 544 g/mol. The number of unbranched alkanes of at least 4 members (excludes halogenated alkanes) is 13. The Balaban J connectivity index is 1.89. The van der Waals surface area contributed by atoms with Gasteiger partial charge in [-0.3, -0.25) is 19.1 Å². The third-order valence-electron chi connectivity index (χ3n) is 7.36. The highest BCUT2D eigenvalue weighted by molar-refractivity contribution is 7.90. The van der Waals surface area contributed by atoms with Crippen LogP contribution in [0.15, 0.2) is 0 Å². The van der Waals surface area contributed by atoms with Crippen molar-refractivity contribution in [1.82, 2.24) is 30.7 Å². The van der Waals surface area contributed by atoms with E-state index in [-0.39, 0.29) is 42.6 Å². The predicted molar refractivity (Wildman–Crippen MR) is 160 cm³/mol. The molecule has 41 heavy (non-hydrogen) atoms. The summed E-state index contributed by atoms with van der Waals surface area (Å²) in [5, 5.41) is 16.7. The molecule has 0 unspecified atom stereocenters. The van der Waals surface area contributed by atoms with Crippen LogP contribution in [0.4, 0.5) is 0 Å². The Labute approximate surface area is 247 Å². The number of amides is 2. The van der Waals surface area contributed by atoms with Crippen LogP contribution >= 0.6 is 0 Å². The van der Waals surface area contributed by atoms with Crippen LogP contribution in [0.5, 0.6) is 0 Å². The van der Waals surface area contributed by atoms with E-state index < -0.39 is 15.9 Å². The van der Waals surface area contributed by atoms with Gasteiger partial charge in [-0.2, -0.15) is 5.21 Å². The van der Waals surface area contributed by atoms with Gasteiger partial charge in [-0.25, -0.2) is 8.42 Å². The van der Waals surface area contributed by atoms with Gasteiger partial charge in [0.25, 0.3) is 0 Å². The first kappa shape index (κ1) is 36.7. The van der Waals surface area contributed by atoms with E-state index in [1.165, 1.54) is 51.4 Å². The highest BCUT2D eigenvalue weighted by Crippen LogP contribution is 2.13. The quantitative estimate of drug-likeness (QED) is 0.120. The first-order valence-electron chi connectivity index (χ1n) is 15.7. The Morgan fingerprint density at radius 1 is 0.756 bits per heavy atom. The molecule has 1 aromatic heterocycles. The van der Waals surface area contributed by atoms with Crippen LogP contribution in [0.2, 0.25) is 0 Å². The Kier molecular flexibility index (Phi) is 20.8. The molecule has 0 aromatic carbocycles. The molecule has 11 nitrogen and oxygen atoms in total. The number of aromatic amines is 1. The molecule has 3 N–H and O–H groups in total. The molecular formula is C29H54N6O5S. The summed E-state index contributed by atoms with van der Waals surface area (Å²) >= 11 is 0. The van der Waals surface area contributed by atoms with Gasteiger partial charge in [-0.05, 0) is 39.0 Å². The van der Waals surface area contributed by atoms with E-state index in [1.807, 2.05) is 6.92 Å². The van der Waals surface area contributed by atoms with Gasteiger partial charge in [0.2, 0.25) is 21.8 Å². The lowest BCUT2D eigenvalue weighted by Crippen LogP contribution is -2.33. The topological polar surface area (TPSA) is 164 Å². The Morgan fingerprint density at radius 2 is 1.32 bits per heavy atom. The van der Waals surface area contributed by atoms with Crippen LogP contribution in [-0.2, 0) is 30.8 Å². The summed E-state index contributed by atoms with van der Waals surface area (Å²) in [4.78, 5) is 35.1. The van der Waals surface area contributed by atoms with Crippen LogP contribution in [-0.4, -0.2) is 58.9 Å². The molecule has 1 rings (SSSR count). The molecule has 0 radical (unpaired) electrons. The van der Waals surface area contributed by atoms with Crippen LogP contribution < -0.4 is 10.0 Å². The predicted octanol–water partition coefficient (Wildman–Crippen LogP) is 4.94.